The summed E-state index contributed by atoms with van der Waals surface area (Å²) < 4.78 is 5.53. The number of hydrogen-bond acceptors (Lipinski definition) is 11. The number of carbonyl (C=O) groups excluding carboxylic acids is 3. The van der Waals surface area contributed by atoms with Gasteiger partial charge in [0.25, 0.3) is 11.8 Å². The van der Waals surface area contributed by atoms with Crippen LogP contribution in [0.5, 0.6) is 0 Å². The van der Waals surface area contributed by atoms with Crippen molar-refractivity contribution in [2.75, 3.05) is 16.9 Å². The van der Waals surface area contributed by atoms with E-state index in [4.69, 9.17) is 26.2 Å². The van der Waals surface area contributed by atoms with E-state index in [1.807, 2.05) is 91.0 Å². The Labute approximate surface area is 331 Å². The Kier molecular flexibility index (Phi) is 11.4. The highest BCUT2D eigenvalue weighted by molar-refractivity contribution is 8.00. The maximum atomic E-state index is 14.2. The first-order valence-electron chi connectivity index (χ1n) is 17.3. The van der Waals surface area contributed by atoms with Crippen LogP contribution in [0.4, 0.5) is 5.13 Å². The lowest BCUT2D eigenvalue weighted by Crippen LogP contribution is -2.71. The van der Waals surface area contributed by atoms with Gasteiger partial charge in [0.05, 0.1) is 0 Å². The molecule has 15 heteroatoms. The first-order chi connectivity index (χ1) is 26.2. The zero-order valence-electron chi connectivity index (χ0n) is 30.7. The van der Waals surface area contributed by atoms with Crippen LogP contribution < -0.4 is 10.6 Å². The lowest BCUT2D eigenvalue weighted by molar-refractivity contribution is -0.179. The number of ether oxygens (including phenoxy) is 1. The first-order valence-corrected chi connectivity index (χ1v) is 19.8. The summed E-state index contributed by atoms with van der Waals surface area (Å²) in [5, 5.41) is 21.8. The van der Waals surface area contributed by atoms with Gasteiger partial charge in [-0.15, -0.1) is 34.7 Å². The minimum Gasteiger partial charge on any atom is -0.477 e. The number of carboxylic acids is 1. The molecule has 0 bridgehead atoms. The number of nitrogens with zero attached hydrogens (tertiary/aromatic N) is 3. The molecule has 0 spiro atoms. The first kappa shape index (κ1) is 39.5. The molecule has 286 valence electrons. The third-order valence-corrected chi connectivity index (χ3v) is 11.3. The van der Waals surface area contributed by atoms with Gasteiger partial charge in [-0.05, 0) is 56.9 Å². The number of β-lactam (4-membered cyclic amide) rings is 1. The second-order valence-electron chi connectivity index (χ2n) is 14.3. The largest absolute Gasteiger partial charge is 0.477 e. The molecular weight excluding hydrogens is 762 g/mol. The quantitative estimate of drug-likeness (QED) is 0.0347. The van der Waals surface area contributed by atoms with Crippen LogP contribution in [-0.4, -0.2) is 78.7 Å². The Morgan fingerprint density at radius 3 is 1.96 bits per heavy atom. The summed E-state index contributed by atoms with van der Waals surface area (Å²) in [6.45, 7) is 8.08. The molecule has 1 aromatic heterocycles. The van der Waals surface area contributed by atoms with Crippen molar-refractivity contribution in [2.24, 2.45) is 5.16 Å². The van der Waals surface area contributed by atoms with Crippen molar-refractivity contribution < 1.29 is 33.9 Å². The van der Waals surface area contributed by atoms with E-state index in [2.05, 4.69) is 15.8 Å². The molecule has 12 nitrogen and oxygen atoms in total. The Morgan fingerprint density at radius 2 is 1.47 bits per heavy atom. The van der Waals surface area contributed by atoms with Gasteiger partial charge in [0.1, 0.15) is 33.9 Å². The van der Waals surface area contributed by atoms with E-state index in [1.54, 1.807) is 26.2 Å². The van der Waals surface area contributed by atoms with Crippen molar-refractivity contribution >= 4 is 69.3 Å². The monoisotopic (exact) mass is 801 g/mol. The van der Waals surface area contributed by atoms with Crippen molar-refractivity contribution in [1.29, 1.82) is 0 Å². The summed E-state index contributed by atoms with van der Waals surface area (Å²) in [5.74, 6) is -3.20. The Bertz CT molecular complexity index is 2040. The van der Waals surface area contributed by atoms with Crippen molar-refractivity contribution in [3.63, 3.8) is 0 Å². The molecule has 2 aliphatic rings. The number of oxime groups is 1. The molecule has 0 aliphatic carbocycles. The van der Waals surface area contributed by atoms with E-state index in [1.165, 1.54) is 36.9 Å². The lowest BCUT2D eigenvalue weighted by atomic mass is 9.77. The Hall–Kier alpha value is -5.18. The van der Waals surface area contributed by atoms with Gasteiger partial charge < -0.3 is 25.3 Å². The molecule has 4 aromatic rings. The number of amides is 2. The van der Waals surface area contributed by atoms with Crippen LogP contribution in [0.1, 0.15) is 57.0 Å². The molecule has 1 fully saturated rings. The maximum Gasteiger partial charge on any atom is 0.353 e. The van der Waals surface area contributed by atoms with Gasteiger partial charge in [-0.25, -0.2) is 14.6 Å². The highest BCUT2D eigenvalue weighted by Gasteiger charge is 2.54. The average molecular weight is 802 g/mol. The van der Waals surface area contributed by atoms with Crippen molar-refractivity contribution in [3.05, 3.63) is 130 Å². The second kappa shape index (κ2) is 15.9. The highest BCUT2D eigenvalue weighted by atomic mass is 35.5. The number of thioether (sulfide) groups is 1. The van der Waals surface area contributed by atoms with Gasteiger partial charge in [-0.2, -0.15) is 0 Å². The molecule has 1 saturated heterocycles. The fourth-order valence-electron chi connectivity index (χ4n) is 6.18. The van der Waals surface area contributed by atoms with Gasteiger partial charge in [0.2, 0.25) is 5.60 Å². The summed E-state index contributed by atoms with van der Waals surface area (Å²) in [7, 11) is 0. The third kappa shape index (κ3) is 8.12. The molecule has 1 unspecified atom stereocenters. The number of carbonyl (C=O) groups is 4. The normalized spacial score (nSPS) is 17.5. The van der Waals surface area contributed by atoms with E-state index >= 15 is 0 Å². The third-order valence-electron chi connectivity index (χ3n) is 8.83. The molecule has 0 radical (unpaired) electrons. The highest BCUT2D eigenvalue weighted by Crippen LogP contribution is 2.42. The summed E-state index contributed by atoms with van der Waals surface area (Å²) in [6.07, 6.45) is 0. The molecule has 2 amide bonds. The number of carboxylic acid groups (broad SMARTS) is 1. The van der Waals surface area contributed by atoms with E-state index in [9.17, 15) is 24.3 Å². The van der Waals surface area contributed by atoms with Crippen LogP contribution in [0.3, 0.4) is 0 Å². The fourth-order valence-corrected chi connectivity index (χ4v) is 8.61. The molecule has 2 atom stereocenters. The predicted octanol–water partition coefficient (Wildman–Crippen LogP) is 6.37. The SMILES string of the molecule is CC(C)(C)OC(=O)C(C)(C)O/N=C(\C(=O)NC1C(=O)N2C(C(=O)O)=C(CCl)CS[C@@H]12)c1csc(NC(c2ccccc2)(c2ccccc2)c2ccccc2)n1. The average Bonchev–Trinajstić information content (AvgIpc) is 3.63. The summed E-state index contributed by atoms with van der Waals surface area (Å²) in [4.78, 5) is 64.4. The number of rotatable bonds is 13. The number of anilines is 1. The van der Waals surface area contributed by atoms with E-state index < -0.39 is 51.9 Å². The molecule has 3 aromatic carbocycles. The fraction of sp³-hybridized carbons (Fsp3) is 0.300. The van der Waals surface area contributed by atoms with Crippen molar-refractivity contribution in [1.82, 2.24) is 15.2 Å². The second-order valence-corrected chi connectivity index (χ2v) is 16.5. The molecule has 3 heterocycles. The number of aromatic nitrogens is 1. The minimum absolute atomic E-state index is 0.0516. The standard InChI is InChI=1S/C40H40ClN5O7S2/c1-38(2,3)52-36(51)39(4,5)53-45-29(32(47)43-30-33(48)46-31(35(49)50)24(21-41)22-54-34(30)46)28-23-55-37(42-28)44-40(25-15-9-6-10-16-25,26-17-11-7-12-18-26)27-19-13-8-14-20-27/h6-20,23,30,34H,21-22H2,1-5H3,(H,42,44)(H,43,47)(H,49,50)/b45-29-/t30?,34-/m0/s1. The molecule has 3 N–H and O–H groups in total. The number of thiazole rings is 1. The number of halogens is 1. The number of fused-ring (bicyclic) bond motifs is 1. The summed E-state index contributed by atoms with van der Waals surface area (Å²) in [6, 6.07) is 28.7. The van der Waals surface area contributed by atoms with Crippen LogP contribution in [-0.2, 0) is 34.3 Å². The lowest BCUT2D eigenvalue weighted by Gasteiger charge is -2.49. The molecule has 6 rings (SSSR count). The number of hydrogen-bond donors (Lipinski definition) is 3. The minimum atomic E-state index is -1.62. The van der Waals surface area contributed by atoms with E-state index in [-0.39, 0.29) is 28.7 Å². The summed E-state index contributed by atoms with van der Waals surface area (Å²) in [5.41, 5.74) is -0.550. The van der Waals surface area contributed by atoms with Crippen molar-refractivity contribution in [2.45, 2.75) is 62.8 Å². The van der Waals surface area contributed by atoms with Gasteiger partial charge in [-0.1, -0.05) is 96.2 Å². The van der Waals surface area contributed by atoms with E-state index in [0.717, 1.165) is 21.6 Å². The van der Waals surface area contributed by atoms with Crippen LogP contribution in [0.25, 0.3) is 0 Å². The number of benzene rings is 3. The molecule has 2 aliphatic heterocycles. The smallest absolute Gasteiger partial charge is 0.353 e. The molecule has 55 heavy (non-hydrogen) atoms. The maximum absolute atomic E-state index is 14.2. The van der Waals surface area contributed by atoms with Gasteiger partial charge in [0.15, 0.2) is 10.8 Å². The number of esters is 1. The zero-order chi connectivity index (χ0) is 39.5. The number of aliphatic carboxylic acids is 1. The van der Waals surface area contributed by atoms with Crippen molar-refractivity contribution in [3.8, 4) is 0 Å². The molecule has 0 saturated carbocycles. The van der Waals surface area contributed by atoms with Crippen LogP contribution in [0.15, 0.2) is 113 Å². The van der Waals surface area contributed by atoms with E-state index in [0.29, 0.717) is 10.7 Å². The summed E-state index contributed by atoms with van der Waals surface area (Å²) >= 11 is 8.51. The topological polar surface area (TPSA) is 160 Å². The number of alkyl halides is 1. The van der Waals surface area contributed by atoms with Crippen LogP contribution >= 0.6 is 34.7 Å². The van der Waals surface area contributed by atoms with Gasteiger partial charge in [-0.3, -0.25) is 14.5 Å². The Balaban J connectivity index is 1.37. The zero-order valence-corrected chi connectivity index (χ0v) is 33.1. The van der Waals surface area contributed by atoms with Crippen LogP contribution in [0, 0.1) is 0 Å². The molecular formula is C40H40ClN5O7S2. The van der Waals surface area contributed by atoms with Gasteiger partial charge >= 0.3 is 11.9 Å². The Morgan fingerprint density at radius 1 is 0.927 bits per heavy atom. The predicted molar refractivity (Wildman–Crippen MR) is 213 cm³/mol. The van der Waals surface area contributed by atoms with Crippen LogP contribution in [0.2, 0.25) is 0 Å². The van der Waals surface area contributed by atoms with Gasteiger partial charge in [0, 0.05) is 17.0 Å². The number of nitrogens with one attached hydrogen (secondary N) is 2.